The lowest BCUT2D eigenvalue weighted by Crippen LogP contribution is -2.23. The molecule has 0 aliphatic carbocycles. The van der Waals surface area contributed by atoms with Gasteiger partial charge in [-0.1, -0.05) is 13.8 Å². The van der Waals surface area contributed by atoms with E-state index in [0.717, 1.165) is 6.54 Å². The molecule has 0 spiro atoms. The molecule has 0 saturated heterocycles. The quantitative estimate of drug-likeness (QED) is 0.776. The molecule has 1 nitrogen and oxygen atoms in total. The zero-order chi connectivity index (χ0) is 11.3. The molecule has 15 heavy (non-hydrogen) atoms. The molecule has 0 bridgehead atoms. The van der Waals surface area contributed by atoms with Gasteiger partial charge in [0.15, 0.2) is 0 Å². The molecule has 0 amide bonds. The van der Waals surface area contributed by atoms with E-state index in [9.17, 15) is 0 Å². The van der Waals surface area contributed by atoms with Crippen LogP contribution in [0.1, 0.15) is 36.4 Å². The molecule has 0 aromatic carbocycles. The molecule has 0 saturated carbocycles. The molecule has 0 radical (unpaired) electrons. The minimum Gasteiger partial charge on any atom is -0.315 e. The van der Waals surface area contributed by atoms with E-state index in [1.807, 2.05) is 11.3 Å². The van der Waals surface area contributed by atoms with Crippen molar-refractivity contribution >= 4 is 27.3 Å². The van der Waals surface area contributed by atoms with E-state index >= 15 is 0 Å². The van der Waals surface area contributed by atoms with Crippen molar-refractivity contribution in [3.05, 3.63) is 20.3 Å². The summed E-state index contributed by atoms with van der Waals surface area (Å²) in [4.78, 5) is 2.90. The van der Waals surface area contributed by atoms with Crippen molar-refractivity contribution in [3.63, 3.8) is 0 Å². The highest BCUT2D eigenvalue weighted by atomic mass is 79.9. The van der Waals surface area contributed by atoms with Gasteiger partial charge in [0.2, 0.25) is 0 Å². The van der Waals surface area contributed by atoms with E-state index in [1.54, 1.807) is 0 Å². The summed E-state index contributed by atoms with van der Waals surface area (Å²) in [5.41, 5.74) is 0. The van der Waals surface area contributed by atoms with Crippen molar-refractivity contribution < 1.29 is 0 Å². The van der Waals surface area contributed by atoms with Crippen LogP contribution in [-0.2, 0) is 6.42 Å². The molecule has 3 heteroatoms. The highest BCUT2D eigenvalue weighted by Gasteiger charge is 2.03. The molecule has 1 rings (SSSR count). The van der Waals surface area contributed by atoms with Crippen LogP contribution in [0.4, 0.5) is 0 Å². The van der Waals surface area contributed by atoms with Crippen LogP contribution in [0.25, 0.3) is 0 Å². The third-order valence-corrected chi connectivity index (χ3v) is 4.34. The normalized spacial score (nSPS) is 11.3. The van der Waals surface area contributed by atoms with Crippen LogP contribution in [0.2, 0.25) is 0 Å². The maximum Gasteiger partial charge on any atom is 0.0317 e. The summed E-state index contributed by atoms with van der Waals surface area (Å²) in [6, 6.07) is 2.83. The summed E-state index contributed by atoms with van der Waals surface area (Å²) in [5, 5.41) is 3.44. The van der Waals surface area contributed by atoms with Crippen molar-refractivity contribution in [2.24, 2.45) is 0 Å². The molecular formula is C12H20BrNS. The molecule has 0 unspecified atom stereocenters. The number of rotatable bonds is 6. The summed E-state index contributed by atoms with van der Waals surface area (Å²) in [7, 11) is 0. The van der Waals surface area contributed by atoms with Gasteiger partial charge in [-0.05, 0) is 54.7 Å². The standard InChI is InChI=1S/C12H20BrNS/c1-9(2)14-7-5-4-6-12-11(13)8-10(3)15-12/h8-9,14H,4-7H2,1-3H3. The van der Waals surface area contributed by atoms with E-state index < -0.39 is 0 Å². The third-order valence-electron chi connectivity index (χ3n) is 2.26. The van der Waals surface area contributed by atoms with E-state index in [1.165, 1.54) is 33.5 Å². The fourth-order valence-electron chi connectivity index (χ4n) is 1.50. The van der Waals surface area contributed by atoms with Gasteiger partial charge in [-0.15, -0.1) is 11.3 Å². The van der Waals surface area contributed by atoms with Gasteiger partial charge in [-0.2, -0.15) is 0 Å². The molecule has 86 valence electrons. The van der Waals surface area contributed by atoms with Gasteiger partial charge in [-0.3, -0.25) is 0 Å². The van der Waals surface area contributed by atoms with Crippen molar-refractivity contribution in [2.45, 2.75) is 46.1 Å². The largest absolute Gasteiger partial charge is 0.315 e. The number of halogens is 1. The minimum absolute atomic E-state index is 0.612. The maximum absolute atomic E-state index is 3.60. The molecule has 0 aliphatic rings. The number of unbranched alkanes of at least 4 members (excludes halogenated alkanes) is 1. The summed E-state index contributed by atoms with van der Waals surface area (Å²) in [6.07, 6.45) is 3.75. The Balaban J connectivity index is 2.17. The average molecular weight is 290 g/mol. The van der Waals surface area contributed by atoms with Crippen molar-refractivity contribution in [3.8, 4) is 0 Å². The van der Waals surface area contributed by atoms with Crippen LogP contribution in [0, 0.1) is 6.92 Å². The molecular weight excluding hydrogens is 270 g/mol. The van der Waals surface area contributed by atoms with Crippen LogP contribution >= 0.6 is 27.3 Å². The van der Waals surface area contributed by atoms with E-state index in [0.29, 0.717) is 6.04 Å². The molecule has 0 aliphatic heterocycles. The minimum atomic E-state index is 0.612. The Morgan fingerprint density at radius 1 is 1.40 bits per heavy atom. The number of hydrogen-bond acceptors (Lipinski definition) is 2. The number of hydrogen-bond donors (Lipinski definition) is 1. The second-order valence-electron chi connectivity index (χ2n) is 4.19. The number of nitrogens with one attached hydrogen (secondary N) is 1. The third kappa shape index (κ3) is 5.14. The molecule has 1 aromatic heterocycles. The summed E-state index contributed by atoms with van der Waals surface area (Å²) >= 11 is 5.52. The molecule has 1 N–H and O–H groups in total. The van der Waals surface area contributed by atoms with Crippen molar-refractivity contribution in [1.82, 2.24) is 5.32 Å². The first-order valence-corrected chi connectivity index (χ1v) is 7.18. The Labute approximate surface area is 105 Å². The summed E-state index contributed by atoms with van der Waals surface area (Å²) in [5.74, 6) is 0. The van der Waals surface area contributed by atoms with Gasteiger partial charge in [0.05, 0.1) is 0 Å². The van der Waals surface area contributed by atoms with Gasteiger partial charge < -0.3 is 5.32 Å². The fourth-order valence-corrected chi connectivity index (χ4v) is 3.41. The van der Waals surface area contributed by atoms with Crippen LogP contribution in [-0.4, -0.2) is 12.6 Å². The first-order valence-electron chi connectivity index (χ1n) is 5.58. The fraction of sp³-hybridized carbons (Fsp3) is 0.667. The van der Waals surface area contributed by atoms with Gasteiger partial charge in [0.1, 0.15) is 0 Å². The predicted molar refractivity (Wildman–Crippen MR) is 72.8 cm³/mol. The molecule has 0 fully saturated rings. The lowest BCUT2D eigenvalue weighted by molar-refractivity contribution is 0.558. The van der Waals surface area contributed by atoms with Gasteiger partial charge in [-0.25, -0.2) is 0 Å². The molecule has 1 heterocycles. The topological polar surface area (TPSA) is 12.0 Å². The van der Waals surface area contributed by atoms with E-state index in [4.69, 9.17) is 0 Å². The van der Waals surface area contributed by atoms with Crippen LogP contribution in [0.3, 0.4) is 0 Å². The van der Waals surface area contributed by atoms with Crippen molar-refractivity contribution in [2.75, 3.05) is 6.54 Å². The highest BCUT2D eigenvalue weighted by Crippen LogP contribution is 2.28. The molecule has 1 aromatic rings. The predicted octanol–water partition coefficient (Wildman–Crippen LogP) is 4.14. The van der Waals surface area contributed by atoms with Crippen LogP contribution in [0.5, 0.6) is 0 Å². The Bertz CT molecular complexity index is 294. The average Bonchev–Trinajstić information content (AvgIpc) is 2.44. The van der Waals surface area contributed by atoms with Gasteiger partial charge >= 0.3 is 0 Å². The second kappa shape index (κ2) is 6.66. The maximum atomic E-state index is 3.60. The Kier molecular flexibility index (Phi) is 5.87. The zero-order valence-electron chi connectivity index (χ0n) is 9.77. The lowest BCUT2D eigenvalue weighted by atomic mass is 10.2. The SMILES string of the molecule is Cc1cc(Br)c(CCCCNC(C)C)s1. The first-order chi connectivity index (χ1) is 7.09. The zero-order valence-corrected chi connectivity index (χ0v) is 12.2. The van der Waals surface area contributed by atoms with E-state index in [-0.39, 0.29) is 0 Å². The first kappa shape index (κ1) is 13.2. The van der Waals surface area contributed by atoms with E-state index in [2.05, 4.69) is 48.1 Å². The Morgan fingerprint density at radius 3 is 2.67 bits per heavy atom. The lowest BCUT2D eigenvalue weighted by Gasteiger charge is -2.06. The number of thiophene rings is 1. The van der Waals surface area contributed by atoms with Crippen LogP contribution in [0.15, 0.2) is 10.5 Å². The molecule has 0 atom stereocenters. The van der Waals surface area contributed by atoms with Crippen molar-refractivity contribution in [1.29, 1.82) is 0 Å². The van der Waals surface area contributed by atoms with Crippen LogP contribution < -0.4 is 5.32 Å². The van der Waals surface area contributed by atoms with Gasteiger partial charge in [0.25, 0.3) is 0 Å². The Morgan fingerprint density at radius 2 is 2.13 bits per heavy atom. The van der Waals surface area contributed by atoms with Gasteiger partial charge in [0, 0.05) is 20.3 Å². The summed E-state index contributed by atoms with van der Waals surface area (Å²) in [6.45, 7) is 7.69. The Hall–Kier alpha value is 0.140. The smallest absolute Gasteiger partial charge is 0.0317 e. The number of aryl methyl sites for hydroxylation is 2. The summed E-state index contributed by atoms with van der Waals surface area (Å²) < 4.78 is 1.29. The second-order valence-corrected chi connectivity index (χ2v) is 6.39. The monoisotopic (exact) mass is 289 g/mol. The highest BCUT2D eigenvalue weighted by molar-refractivity contribution is 9.10.